The van der Waals surface area contributed by atoms with Crippen LogP contribution in [0.4, 0.5) is 0 Å². The summed E-state index contributed by atoms with van der Waals surface area (Å²) in [5.74, 6) is 0.708. The Morgan fingerprint density at radius 2 is 2.12 bits per heavy atom. The molecule has 1 amide bonds. The van der Waals surface area contributed by atoms with E-state index in [0.29, 0.717) is 18.9 Å². The maximum Gasteiger partial charge on any atom is 0.222 e. The Hall–Kier alpha value is -0.610. The van der Waals surface area contributed by atoms with Crippen molar-refractivity contribution in [2.45, 2.75) is 51.2 Å². The molecule has 4 heteroatoms. The van der Waals surface area contributed by atoms with Gasteiger partial charge in [0.25, 0.3) is 0 Å². The van der Waals surface area contributed by atoms with E-state index >= 15 is 0 Å². The van der Waals surface area contributed by atoms with Crippen LogP contribution in [0.5, 0.6) is 0 Å². The summed E-state index contributed by atoms with van der Waals surface area (Å²) in [4.78, 5) is 11.7. The summed E-state index contributed by atoms with van der Waals surface area (Å²) in [5.41, 5.74) is 5.48. The van der Waals surface area contributed by atoms with E-state index in [1.807, 2.05) is 0 Å². The quantitative estimate of drug-likeness (QED) is 0.714. The monoisotopic (exact) mass is 228 g/mol. The van der Waals surface area contributed by atoms with E-state index in [9.17, 15) is 4.79 Å². The molecule has 2 atom stereocenters. The average molecular weight is 228 g/mol. The lowest BCUT2D eigenvalue weighted by atomic mass is 9.99. The first-order valence-corrected chi connectivity index (χ1v) is 6.19. The van der Waals surface area contributed by atoms with Gasteiger partial charge in [-0.1, -0.05) is 12.8 Å². The lowest BCUT2D eigenvalue weighted by Crippen LogP contribution is -2.40. The molecule has 94 valence electrons. The topological polar surface area (TPSA) is 64.3 Å². The summed E-state index contributed by atoms with van der Waals surface area (Å²) in [6.45, 7) is 2.49. The van der Waals surface area contributed by atoms with Crippen LogP contribution >= 0.6 is 0 Å². The van der Waals surface area contributed by atoms with Gasteiger partial charge in [-0.3, -0.25) is 4.79 Å². The largest absolute Gasteiger partial charge is 0.380 e. The summed E-state index contributed by atoms with van der Waals surface area (Å²) < 4.78 is 5.09. The number of rotatable bonds is 6. The Morgan fingerprint density at radius 3 is 2.62 bits per heavy atom. The zero-order chi connectivity index (χ0) is 12.0. The Labute approximate surface area is 97.9 Å². The number of nitrogens with one attached hydrogen (secondary N) is 1. The van der Waals surface area contributed by atoms with Crippen molar-refractivity contribution in [1.29, 1.82) is 0 Å². The number of carbonyl (C=O) groups excluding carboxylic acids is 1. The van der Waals surface area contributed by atoms with Crippen molar-refractivity contribution >= 4 is 5.91 Å². The van der Waals surface area contributed by atoms with Crippen LogP contribution in [0, 0.1) is 5.92 Å². The van der Waals surface area contributed by atoms with Crippen LogP contribution in [0.25, 0.3) is 0 Å². The van der Waals surface area contributed by atoms with Crippen molar-refractivity contribution in [3.05, 3.63) is 0 Å². The molecule has 1 fully saturated rings. The van der Waals surface area contributed by atoms with Gasteiger partial charge in [-0.15, -0.1) is 0 Å². The van der Waals surface area contributed by atoms with Crippen LogP contribution in [-0.2, 0) is 9.53 Å². The lowest BCUT2D eigenvalue weighted by molar-refractivity contribution is -0.124. The zero-order valence-corrected chi connectivity index (χ0v) is 10.4. The molecule has 0 radical (unpaired) electrons. The maximum absolute atomic E-state index is 11.7. The minimum Gasteiger partial charge on any atom is -0.380 e. The Balaban J connectivity index is 2.26. The smallest absolute Gasteiger partial charge is 0.222 e. The predicted octanol–water partition coefficient (Wildman–Crippen LogP) is 1.05. The fourth-order valence-corrected chi connectivity index (χ4v) is 2.36. The van der Waals surface area contributed by atoms with Crippen LogP contribution in [0.1, 0.15) is 39.0 Å². The molecule has 16 heavy (non-hydrogen) atoms. The van der Waals surface area contributed by atoms with E-state index in [0.717, 1.165) is 0 Å². The molecule has 0 aromatic heterocycles. The van der Waals surface area contributed by atoms with Crippen molar-refractivity contribution in [2.75, 3.05) is 13.7 Å². The molecule has 0 aliphatic heterocycles. The SMILES string of the molecule is COC(CN)CC(=O)N[C@@H](C)C1CCCC1. The molecule has 1 aliphatic carbocycles. The van der Waals surface area contributed by atoms with Crippen molar-refractivity contribution in [2.24, 2.45) is 11.7 Å². The second-order valence-electron chi connectivity index (χ2n) is 4.70. The van der Waals surface area contributed by atoms with Crippen LogP contribution < -0.4 is 11.1 Å². The van der Waals surface area contributed by atoms with Crippen molar-refractivity contribution in [3.63, 3.8) is 0 Å². The highest BCUT2D eigenvalue weighted by molar-refractivity contribution is 5.76. The molecule has 1 saturated carbocycles. The van der Waals surface area contributed by atoms with Crippen LogP contribution in [-0.4, -0.2) is 31.7 Å². The van der Waals surface area contributed by atoms with Gasteiger partial charge in [0.05, 0.1) is 12.5 Å². The van der Waals surface area contributed by atoms with Gasteiger partial charge in [0, 0.05) is 19.7 Å². The third kappa shape index (κ3) is 4.10. The molecule has 1 unspecified atom stereocenters. The summed E-state index contributed by atoms with van der Waals surface area (Å²) in [6, 6.07) is 0.283. The third-order valence-electron chi connectivity index (χ3n) is 3.50. The number of hydrogen-bond acceptors (Lipinski definition) is 3. The third-order valence-corrected chi connectivity index (χ3v) is 3.50. The molecule has 1 aliphatic rings. The van der Waals surface area contributed by atoms with Gasteiger partial charge in [0.2, 0.25) is 5.91 Å². The first kappa shape index (κ1) is 13.5. The van der Waals surface area contributed by atoms with Crippen LogP contribution in [0.15, 0.2) is 0 Å². The second-order valence-corrected chi connectivity index (χ2v) is 4.70. The number of carbonyl (C=O) groups is 1. The van der Waals surface area contributed by atoms with E-state index in [1.54, 1.807) is 7.11 Å². The average Bonchev–Trinajstić information content (AvgIpc) is 2.79. The number of nitrogens with two attached hydrogens (primary N) is 1. The Bertz CT molecular complexity index is 211. The molecular formula is C12H24N2O2. The summed E-state index contributed by atoms with van der Waals surface area (Å²) in [5, 5.41) is 3.05. The van der Waals surface area contributed by atoms with Crippen molar-refractivity contribution in [3.8, 4) is 0 Å². The van der Waals surface area contributed by atoms with Gasteiger partial charge in [-0.05, 0) is 25.7 Å². The molecule has 0 bridgehead atoms. The molecule has 0 aromatic carbocycles. The maximum atomic E-state index is 11.7. The van der Waals surface area contributed by atoms with Crippen LogP contribution in [0.3, 0.4) is 0 Å². The van der Waals surface area contributed by atoms with E-state index in [4.69, 9.17) is 10.5 Å². The number of ether oxygens (including phenoxy) is 1. The first-order valence-electron chi connectivity index (χ1n) is 6.19. The predicted molar refractivity (Wildman–Crippen MR) is 64.0 cm³/mol. The van der Waals surface area contributed by atoms with Gasteiger partial charge in [0.1, 0.15) is 0 Å². The van der Waals surface area contributed by atoms with E-state index < -0.39 is 0 Å². The lowest BCUT2D eigenvalue weighted by Gasteiger charge is -2.21. The minimum absolute atomic E-state index is 0.0525. The Kier molecular flexibility index (Phi) is 5.77. The molecule has 3 N–H and O–H groups in total. The van der Waals surface area contributed by atoms with E-state index in [-0.39, 0.29) is 18.1 Å². The highest BCUT2D eigenvalue weighted by Crippen LogP contribution is 2.27. The van der Waals surface area contributed by atoms with Crippen molar-refractivity contribution in [1.82, 2.24) is 5.32 Å². The normalized spacial score (nSPS) is 20.7. The van der Waals surface area contributed by atoms with Crippen molar-refractivity contribution < 1.29 is 9.53 Å². The molecular weight excluding hydrogens is 204 g/mol. The molecule has 0 heterocycles. The first-order chi connectivity index (χ1) is 7.67. The van der Waals surface area contributed by atoms with Gasteiger partial charge < -0.3 is 15.8 Å². The fourth-order valence-electron chi connectivity index (χ4n) is 2.36. The van der Waals surface area contributed by atoms with E-state index in [1.165, 1.54) is 25.7 Å². The molecule has 1 rings (SSSR count). The standard InChI is InChI=1S/C12H24N2O2/c1-9(10-5-3-4-6-10)14-12(15)7-11(8-13)16-2/h9-11H,3-8,13H2,1-2H3,(H,14,15)/t9-,11?/m0/s1. The highest BCUT2D eigenvalue weighted by atomic mass is 16.5. The fraction of sp³-hybridized carbons (Fsp3) is 0.917. The molecule has 4 nitrogen and oxygen atoms in total. The minimum atomic E-state index is -0.157. The van der Waals surface area contributed by atoms with Gasteiger partial charge in [0.15, 0.2) is 0 Å². The molecule has 0 spiro atoms. The summed E-state index contributed by atoms with van der Waals surface area (Å²) >= 11 is 0. The van der Waals surface area contributed by atoms with E-state index in [2.05, 4.69) is 12.2 Å². The van der Waals surface area contributed by atoms with Crippen LogP contribution in [0.2, 0.25) is 0 Å². The number of amides is 1. The molecule has 0 saturated heterocycles. The Morgan fingerprint density at radius 1 is 1.50 bits per heavy atom. The summed E-state index contributed by atoms with van der Waals surface area (Å²) in [6.07, 6.45) is 5.29. The molecule has 0 aromatic rings. The van der Waals surface area contributed by atoms with Gasteiger partial charge in [-0.2, -0.15) is 0 Å². The van der Waals surface area contributed by atoms with Gasteiger partial charge in [-0.25, -0.2) is 0 Å². The second kappa shape index (κ2) is 6.86. The van der Waals surface area contributed by atoms with Gasteiger partial charge >= 0.3 is 0 Å². The highest BCUT2D eigenvalue weighted by Gasteiger charge is 2.23. The number of hydrogen-bond donors (Lipinski definition) is 2. The summed E-state index contributed by atoms with van der Waals surface area (Å²) in [7, 11) is 1.59. The number of methoxy groups -OCH3 is 1. The zero-order valence-electron chi connectivity index (χ0n) is 10.4.